The highest BCUT2D eigenvalue weighted by atomic mass is 16.5. The van der Waals surface area contributed by atoms with Gasteiger partial charge in [0.05, 0.1) is 18.9 Å². The van der Waals surface area contributed by atoms with Gasteiger partial charge in [0.15, 0.2) is 5.82 Å². The normalized spacial score (nSPS) is 20.1. The van der Waals surface area contributed by atoms with Crippen LogP contribution < -0.4 is 0 Å². The van der Waals surface area contributed by atoms with Gasteiger partial charge in [-0.2, -0.15) is 4.98 Å². The molecule has 1 amide bonds. The van der Waals surface area contributed by atoms with Crippen molar-refractivity contribution in [1.29, 1.82) is 0 Å². The van der Waals surface area contributed by atoms with Crippen LogP contribution >= 0.6 is 0 Å². The van der Waals surface area contributed by atoms with E-state index in [2.05, 4.69) is 10.1 Å². The zero-order valence-electron chi connectivity index (χ0n) is 16.4. The summed E-state index contributed by atoms with van der Waals surface area (Å²) in [7, 11) is 0. The van der Waals surface area contributed by atoms with Crippen LogP contribution in [0.2, 0.25) is 0 Å². The summed E-state index contributed by atoms with van der Waals surface area (Å²) >= 11 is 0. The van der Waals surface area contributed by atoms with Crippen molar-refractivity contribution < 1.29 is 14.1 Å². The lowest BCUT2D eigenvalue weighted by Gasteiger charge is -2.15. The van der Waals surface area contributed by atoms with Crippen molar-refractivity contribution in [2.24, 2.45) is 5.92 Å². The summed E-state index contributed by atoms with van der Waals surface area (Å²) in [5.41, 5.74) is 1.05. The van der Waals surface area contributed by atoms with E-state index in [0.29, 0.717) is 37.7 Å². The van der Waals surface area contributed by atoms with E-state index in [4.69, 9.17) is 9.26 Å². The quantitative estimate of drug-likeness (QED) is 0.654. The molecule has 0 spiro atoms. The van der Waals surface area contributed by atoms with Crippen molar-refractivity contribution in [3.8, 4) is 0 Å². The molecule has 2 fully saturated rings. The van der Waals surface area contributed by atoms with Crippen molar-refractivity contribution in [3.05, 3.63) is 47.6 Å². The van der Waals surface area contributed by atoms with Crippen LogP contribution in [0, 0.1) is 5.92 Å². The summed E-state index contributed by atoms with van der Waals surface area (Å²) < 4.78 is 11.3. The van der Waals surface area contributed by atoms with Crippen LogP contribution in [0.4, 0.5) is 0 Å². The molecule has 0 bridgehead atoms. The molecule has 1 aromatic carbocycles. The molecule has 6 nitrogen and oxygen atoms in total. The molecular formula is C22H29N3O3. The molecular weight excluding hydrogens is 354 g/mol. The SMILES string of the molecule is O=C(Cc1ccccc1)N1CCC(c2nc(CCOCC3CCCC3)no2)C1. The molecule has 2 aliphatic rings. The molecule has 0 N–H and O–H groups in total. The van der Waals surface area contributed by atoms with Crippen molar-refractivity contribution >= 4 is 5.91 Å². The molecule has 1 aliphatic heterocycles. The van der Waals surface area contributed by atoms with Gasteiger partial charge in [0, 0.05) is 26.1 Å². The maximum absolute atomic E-state index is 12.5. The van der Waals surface area contributed by atoms with Gasteiger partial charge in [-0.1, -0.05) is 48.3 Å². The van der Waals surface area contributed by atoms with Gasteiger partial charge >= 0.3 is 0 Å². The molecule has 150 valence electrons. The lowest BCUT2D eigenvalue weighted by Crippen LogP contribution is -2.29. The summed E-state index contributed by atoms with van der Waals surface area (Å²) in [6.45, 7) is 2.90. The van der Waals surface area contributed by atoms with Gasteiger partial charge in [-0.25, -0.2) is 0 Å². The van der Waals surface area contributed by atoms with Gasteiger partial charge in [0.2, 0.25) is 11.8 Å². The van der Waals surface area contributed by atoms with E-state index in [9.17, 15) is 4.79 Å². The van der Waals surface area contributed by atoms with Crippen molar-refractivity contribution in [3.63, 3.8) is 0 Å². The molecule has 1 aliphatic carbocycles. The number of aromatic nitrogens is 2. The van der Waals surface area contributed by atoms with E-state index in [1.165, 1.54) is 25.7 Å². The largest absolute Gasteiger partial charge is 0.381 e. The average Bonchev–Trinajstić information content (AvgIpc) is 3.47. The second-order valence-electron chi connectivity index (χ2n) is 8.01. The Morgan fingerprint density at radius 2 is 2.00 bits per heavy atom. The fourth-order valence-corrected chi connectivity index (χ4v) is 4.20. The molecule has 1 saturated carbocycles. The lowest BCUT2D eigenvalue weighted by atomic mass is 10.1. The number of ether oxygens (including phenoxy) is 1. The Morgan fingerprint density at radius 3 is 2.82 bits per heavy atom. The predicted octanol–water partition coefficient (Wildman–Crippen LogP) is 3.38. The fourth-order valence-electron chi connectivity index (χ4n) is 4.20. The molecule has 1 saturated heterocycles. The first-order valence-corrected chi connectivity index (χ1v) is 10.5. The zero-order chi connectivity index (χ0) is 19.2. The Kier molecular flexibility index (Phi) is 6.37. The third-order valence-corrected chi connectivity index (χ3v) is 5.87. The minimum Gasteiger partial charge on any atom is -0.381 e. The van der Waals surface area contributed by atoms with Gasteiger partial charge in [-0.15, -0.1) is 0 Å². The minimum atomic E-state index is 0.139. The molecule has 28 heavy (non-hydrogen) atoms. The molecule has 1 aromatic heterocycles. The highest BCUT2D eigenvalue weighted by Crippen LogP contribution is 2.27. The molecule has 6 heteroatoms. The number of carbonyl (C=O) groups excluding carboxylic acids is 1. The predicted molar refractivity (Wildman–Crippen MR) is 105 cm³/mol. The molecule has 1 atom stereocenters. The first-order chi connectivity index (χ1) is 13.8. The van der Waals surface area contributed by atoms with Crippen LogP contribution in [0.5, 0.6) is 0 Å². The van der Waals surface area contributed by atoms with E-state index in [0.717, 1.165) is 31.1 Å². The number of rotatable bonds is 8. The number of hydrogen-bond acceptors (Lipinski definition) is 5. The number of nitrogens with zero attached hydrogens (tertiary/aromatic N) is 3. The summed E-state index contributed by atoms with van der Waals surface area (Å²) in [6, 6.07) is 9.88. The van der Waals surface area contributed by atoms with Gasteiger partial charge in [-0.05, 0) is 30.7 Å². The molecule has 4 rings (SSSR count). The molecule has 0 radical (unpaired) electrons. The number of hydrogen-bond donors (Lipinski definition) is 0. The van der Waals surface area contributed by atoms with Gasteiger partial charge in [0.1, 0.15) is 0 Å². The smallest absolute Gasteiger partial charge is 0.231 e. The Balaban J connectivity index is 1.21. The summed E-state index contributed by atoms with van der Waals surface area (Å²) in [4.78, 5) is 19.0. The first kappa shape index (κ1) is 19.1. The zero-order valence-corrected chi connectivity index (χ0v) is 16.4. The summed E-state index contributed by atoms with van der Waals surface area (Å²) in [5, 5.41) is 4.10. The average molecular weight is 383 g/mol. The van der Waals surface area contributed by atoms with Gasteiger partial charge < -0.3 is 14.2 Å². The second kappa shape index (κ2) is 9.32. The Morgan fingerprint density at radius 1 is 1.18 bits per heavy atom. The van der Waals surface area contributed by atoms with E-state index in [1.807, 2.05) is 35.2 Å². The molecule has 2 aromatic rings. The third-order valence-electron chi connectivity index (χ3n) is 5.87. The lowest BCUT2D eigenvalue weighted by molar-refractivity contribution is -0.129. The number of benzene rings is 1. The van der Waals surface area contributed by atoms with Crippen LogP contribution in [-0.2, 0) is 22.4 Å². The summed E-state index contributed by atoms with van der Waals surface area (Å²) in [5.74, 6) is 2.39. The maximum atomic E-state index is 12.5. The molecule has 2 heterocycles. The van der Waals surface area contributed by atoms with E-state index in [-0.39, 0.29) is 11.8 Å². The monoisotopic (exact) mass is 383 g/mol. The van der Waals surface area contributed by atoms with Gasteiger partial charge in [0.25, 0.3) is 0 Å². The van der Waals surface area contributed by atoms with Crippen LogP contribution in [0.25, 0.3) is 0 Å². The second-order valence-corrected chi connectivity index (χ2v) is 8.01. The van der Waals surface area contributed by atoms with Gasteiger partial charge in [-0.3, -0.25) is 4.79 Å². The topological polar surface area (TPSA) is 68.5 Å². The van der Waals surface area contributed by atoms with Crippen LogP contribution in [0.1, 0.15) is 55.3 Å². The van der Waals surface area contributed by atoms with Crippen LogP contribution in [-0.4, -0.2) is 47.3 Å². The number of likely N-dealkylation sites (tertiary alicyclic amines) is 1. The number of carbonyl (C=O) groups is 1. The van der Waals surface area contributed by atoms with Crippen molar-refractivity contribution in [1.82, 2.24) is 15.0 Å². The van der Waals surface area contributed by atoms with E-state index in [1.54, 1.807) is 0 Å². The maximum Gasteiger partial charge on any atom is 0.231 e. The van der Waals surface area contributed by atoms with E-state index < -0.39 is 0 Å². The Labute approximate surface area is 166 Å². The molecule has 1 unspecified atom stereocenters. The van der Waals surface area contributed by atoms with Crippen molar-refractivity contribution in [2.45, 2.75) is 50.9 Å². The van der Waals surface area contributed by atoms with Crippen LogP contribution in [0.3, 0.4) is 0 Å². The third kappa shape index (κ3) is 4.98. The standard InChI is InChI=1S/C22H29N3O3/c26-21(14-17-6-2-1-3-7-17)25-12-10-19(15-25)22-23-20(24-28-22)11-13-27-16-18-8-4-5-9-18/h1-3,6-7,18-19H,4-5,8-16H2. The van der Waals surface area contributed by atoms with E-state index >= 15 is 0 Å². The Hall–Kier alpha value is -2.21. The summed E-state index contributed by atoms with van der Waals surface area (Å²) in [6.07, 6.45) is 7.28. The first-order valence-electron chi connectivity index (χ1n) is 10.5. The highest BCUT2D eigenvalue weighted by molar-refractivity contribution is 5.79. The van der Waals surface area contributed by atoms with Crippen LogP contribution in [0.15, 0.2) is 34.9 Å². The highest BCUT2D eigenvalue weighted by Gasteiger charge is 2.31. The van der Waals surface area contributed by atoms with Crippen molar-refractivity contribution in [2.75, 3.05) is 26.3 Å². The fraction of sp³-hybridized carbons (Fsp3) is 0.591. The number of amides is 1. The Bertz CT molecular complexity index is 755. The minimum absolute atomic E-state index is 0.139.